The Bertz CT molecular complexity index is 1460. The molecule has 3 rings (SSSR count). The van der Waals surface area contributed by atoms with Crippen LogP contribution in [0.2, 0.25) is 0 Å². The monoisotopic (exact) mass is 544 g/mol. The van der Waals surface area contributed by atoms with Gasteiger partial charge in [-0.1, -0.05) is 48.2 Å². The topological polar surface area (TPSA) is 192 Å². The Labute approximate surface area is 267 Å². The van der Waals surface area contributed by atoms with Gasteiger partial charge in [-0.05, 0) is 34.9 Å². The van der Waals surface area contributed by atoms with Crippen LogP contribution in [0.25, 0.3) is 11.1 Å². The zero-order chi connectivity index (χ0) is 23.8. The Hall–Kier alpha value is -0.580. The number of carbonyl (C=O) groups is 2. The zero-order valence-electron chi connectivity index (χ0n) is 18.7. The average Bonchev–Trinajstić information content (AvgIpc) is 2.68. The molecule has 1 aliphatic carbocycles. The van der Waals surface area contributed by atoms with Gasteiger partial charge >= 0.3 is 94.6 Å². The first-order valence-electron chi connectivity index (χ1n) is 8.55. The van der Waals surface area contributed by atoms with E-state index in [9.17, 15) is 45.7 Å². The summed E-state index contributed by atoms with van der Waals surface area (Å²) in [5.41, 5.74) is -2.07. The van der Waals surface area contributed by atoms with Crippen LogP contribution in [0.1, 0.15) is 11.1 Å². The van der Waals surface area contributed by atoms with Gasteiger partial charge in [0, 0.05) is 10.5 Å². The quantitative estimate of drug-likeness (QED) is 0.215. The van der Waals surface area contributed by atoms with Gasteiger partial charge in [0.1, 0.15) is 25.1 Å². The van der Waals surface area contributed by atoms with Crippen molar-refractivity contribution in [2.24, 2.45) is 0 Å². The molecule has 0 bridgehead atoms. The predicted octanol–water partition coefficient (Wildman–Crippen LogP) is -8.39. The summed E-state index contributed by atoms with van der Waals surface area (Å²) < 4.78 is 69.8. The maximum Gasteiger partial charge on any atom is 1.00 e. The van der Waals surface area contributed by atoms with Crippen molar-refractivity contribution in [1.29, 1.82) is 0 Å². The van der Waals surface area contributed by atoms with Gasteiger partial charge in [0.25, 0.3) is 0 Å². The van der Waals surface area contributed by atoms with E-state index in [0.717, 1.165) is 12.1 Å². The number of carboxylic acid groups (broad SMARTS) is 1. The number of allylic oxidation sites excluding steroid dienone is 5. The molecule has 15 heteroatoms. The number of ketones is 1. The standard InChI is InChI=1S/C20H14O10S2.3Na/c21-14-8-6-12(10-16(14)31(25,26)27)18(20(23)24)13-7-9-15(22)19(32(28,29)30)17(13)11-4-2-1-3-5-11;;;/h1-10,21H,(H,23,24)(H,25,26,27)(H,28,29,30);;;/q;3*+1/p-3/b18-13-;;;. The maximum absolute atomic E-state index is 12.3. The molecule has 0 aromatic heterocycles. The van der Waals surface area contributed by atoms with Crippen molar-refractivity contribution in [1.82, 2.24) is 0 Å². The first-order chi connectivity index (χ1) is 14.8. The molecular formula is C20H11Na3O10S2. The van der Waals surface area contributed by atoms with Crippen molar-refractivity contribution in [2.75, 3.05) is 0 Å². The molecule has 0 heterocycles. The number of benzene rings is 2. The fraction of sp³-hybridized carbons (Fsp3) is 0. The van der Waals surface area contributed by atoms with Crippen molar-refractivity contribution in [3.63, 3.8) is 0 Å². The minimum absolute atomic E-state index is 0. The summed E-state index contributed by atoms with van der Waals surface area (Å²) in [5, 5.41) is 21.6. The molecular weight excluding hydrogens is 533 g/mol. The van der Waals surface area contributed by atoms with E-state index in [0.29, 0.717) is 18.2 Å². The van der Waals surface area contributed by atoms with E-state index >= 15 is 0 Å². The van der Waals surface area contributed by atoms with Crippen molar-refractivity contribution in [3.8, 4) is 5.75 Å². The molecule has 0 aliphatic heterocycles. The van der Waals surface area contributed by atoms with Crippen molar-refractivity contribution < 1.29 is 134 Å². The molecule has 10 nitrogen and oxygen atoms in total. The molecule has 35 heavy (non-hydrogen) atoms. The minimum Gasteiger partial charge on any atom is -0.872 e. The first kappa shape index (κ1) is 34.4. The summed E-state index contributed by atoms with van der Waals surface area (Å²) in [6.07, 6.45) is 1.64. The van der Waals surface area contributed by atoms with Crippen molar-refractivity contribution in [2.45, 2.75) is 4.90 Å². The normalized spacial score (nSPS) is 14.9. The van der Waals surface area contributed by atoms with E-state index < -0.39 is 69.8 Å². The van der Waals surface area contributed by atoms with Crippen LogP contribution in [-0.2, 0) is 29.8 Å². The van der Waals surface area contributed by atoms with Gasteiger partial charge in [-0.2, -0.15) is 0 Å². The molecule has 0 radical (unpaired) electrons. The molecule has 0 spiro atoms. The van der Waals surface area contributed by atoms with Crippen LogP contribution in [0, 0.1) is 0 Å². The van der Waals surface area contributed by atoms with Crippen LogP contribution in [-0.4, -0.2) is 42.8 Å². The number of rotatable bonds is 5. The SMILES string of the molecule is O=C1C=C/C(=C(/C(=O)O)c2ccc([O-])c(S(=O)(=O)[O-])c2)C(c2ccccc2)=C1S(=O)(=O)[O-].[Na+].[Na+].[Na+]. The Morgan fingerprint density at radius 1 is 0.829 bits per heavy atom. The van der Waals surface area contributed by atoms with Gasteiger partial charge in [0.2, 0.25) is 0 Å². The van der Waals surface area contributed by atoms with Gasteiger partial charge < -0.3 is 19.3 Å². The van der Waals surface area contributed by atoms with Crippen LogP contribution in [0.5, 0.6) is 5.75 Å². The number of hydrogen-bond acceptors (Lipinski definition) is 9. The molecule has 0 fully saturated rings. The van der Waals surface area contributed by atoms with Gasteiger partial charge in [0.15, 0.2) is 5.78 Å². The Kier molecular flexibility index (Phi) is 13.1. The summed E-state index contributed by atoms with van der Waals surface area (Å²) in [7, 11) is -10.6. The van der Waals surface area contributed by atoms with E-state index in [1.165, 1.54) is 24.3 Å². The van der Waals surface area contributed by atoms with Crippen LogP contribution in [0.3, 0.4) is 0 Å². The molecule has 0 saturated carbocycles. The second-order valence-corrected chi connectivity index (χ2v) is 9.10. The number of carbonyl (C=O) groups excluding carboxylic acids is 1. The van der Waals surface area contributed by atoms with Crippen LogP contribution in [0.4, 0.5) is 0 Å². The van der Waals surface area contributed by atoms with Gasteiger partial charge in [-0.3, -0.25) is 4.79 Å². The molecule has 2 aromatic rings. The maximum atomic E-state index is 12.3. The second kappa shape index (κ2) is 13.3. The number of hydrogen-bond donors (Lipinski definition) is 1. The summed E-state index contributed by atoms with van der Waals surface area (Å²) in [5.74, 6) is -4.05. The van der Waals surface area contributed by atoms with E-state index in [2.05, 4.69) is 0 Å². The van der Waals surface area contributed by atoms with Crippen LogP contribution >= 0.6 is 0 Å². The molecule has 0 amide bonds. The van der Waals surface area contributed by atoms with Gasteiger partial charge in [-0.15, -0.1) is 0 Å². The minimum atomic E-state index is -5.38. The number of carboxylic acids is 1. The van der Waals surface area contributed by atoms with E-state index in [1.54, 1.807) is 6.07 Å². The first-order valence-corrected chi connectivity index (χ1v) is 11.4. The van der Waals surface area contributed by atoms with E-state index in [4.69, 9.17) is 0 Å². The van der Waals surface area contributed by atoms with Crippen LogP contribution < -0.4 is 93.8 Å². The summed E-state index contributed by atoms with van der Waals surface area (Å²) in [6.45, 7) is 0. The van der Waals surface area contributed by atoms with Crippen LogP contribution in [0.15, 0.2) is 76.1 Å². The smallest absolute Gasteiger partial charge is 0.872 e. The van der Waals surface area contributed by atoms with E-state index in [1.807, 2.05) is 0 Å². The molecule has 1 N–H and O–H groups in total. The summed E-state index contributed by atoms with van der Waals surface area (Å²) >= 11 is 0. The van der Waals surface area contributed by atoms with E-state index in [-0.39, 0.29) is 94.2 Å². The zero-order valence-corrected chi connectivity index (χ0v) is 26.3. The number of aliphatic carboxylic acids is 1. The second-order valence-electron chi connectivity index (χ2n) is 6.43. The third kappa shape index (κ3) is 7.71. The molecule has 0 saturated heterocycles. The molecule has 2 aromatic carbocycles. The largest absolute Gasteiger partial charge is 1.00 e. The van der Waals surface area contributed by atoms with Crippen molar-refractivity contribution >= 4 is 43.1 Å². The molecule has 166 valence electrons. The fourth-order valence-electron chi connectivity index (χ4n) is 3.16. The van der Waals surface area contributed by atoms with Gasteiger partial charge in [0.05, 0.1) is 5.57 Å². The summed E-state index contributed by atoms with van der Waals surface area (Å²) in [4.78, 5) is 22.0. The third-order valence-electron chi connectivity index (χ3n) is 4.42. The average molecular weight is 544 g/mol. The molecule has 0 unspecified atom stereocenters. The molecule has 0 atom stereocenters. The Morgan fingerprint density at radius 2 is 1.40 bits per heavy atom. The summed E-state index contributed by atoms with van der Waals surface area (Å²) in [6, 6.07) is 9.25. The Morgan fingerprint density at radius 3 is 1.89 bits per heavy atom. The Balaban J connectivity index is 0.00000385. The van der Waals surface area contributed by atoms with Gasteiger partial charge in [-0.25, -0.2) is 21.6 Å². The van der Waals surface area contributed by atoms with Crippen molar-refractivity contribution in [3.05, 3.63) is 82.3 Å². The fourth-order valence-corrected chi connectivity index (χ4v) is 4.54. The predicted molar refractivity (Wildman–Crippen MR) is 106 cm³/mol. The third-order valence-corrected chi connectivity index (χ3v) is 6.18. The molecule has 1 aliphatic rings.